The number of carbonyl (C=O) groups excluding carboxylic acids is 3. The van der Waals surface area contributed by atoms with E-state index in [1.165, 1.54) is 0 Å². The predicted octanol–water partition coefficient (Wildman–Crippen LogP) is -1.54. The Bertz CT molecular complexity index is 475. The molecule has 0 rings (SSSR count). The van der Waals surface area contributed by atoms with Crippen molar-refractivity contribution in [3.63, 3.8) is 0 Å². The van der Waals surface area contributed by atoms with Crippen molar-refractivity contribution in [1.29, 1.82) is 0 Å². The predicted molar refractivity (Wildman–Crippen MR) is 61.6 cm³/mol. The Morgan fingerprint density at radius 1 is 1.22 bits per heavy atom. The summed E-state index contributed by atoms with van der Waals surface area (Å²) < 4.78 is 30.1. The molecule has 0 saturated carbocycles. The van der Waals surface area contributed by atoms with E-state index in [2.05, 4.69) is 13.2 Å². The molecule has 0 fully saturated rings. The van der Waals surface area contributed by atoms with Crippen molar-refractivity contribution in [2.45, 2.75) is 6.04 Å². The number of carbonyl (C=O) groups is 3. The SMILES string of the molecule is C=CC(=O)N(C(=O)C=C)C(CS(=O)(=O)O)C(N)=O. The molecule has 0 aliphatic heterocycles. The van der Waals surface area contributed by atoms with E-state index >= 15 is 0 Å². The minimum Gasteiger partial charge on any atom is -0.368 e. The van der Waals surface area contributed by atoms with E-state index in [9.17, 15) is 22.8 Å². The lowest BCUT2D eigenvalue weighted by atomic mass is 10.2. The quantitative estimate of drug-likeness (QED) is 0.445. The van der Waals surface area contributed by atoms with Crippen LogP contribution in [-0.2, 0) is 24.5 Å². The van der Waals surface area contributed by atoms with Gasteiger partial charge in [0.05, 0.1) is 0 Å². The zero-order valence-corrected chi connectivity index (χ0v) is 10.1. The first-order valence-electron chi connectivity index (χ1n) is 4.50. The van der Waals surface area contributed by atoms with Crippen LogP contribution in [0.15, 0.2) is 25.3 Å². The minimum absolute atomic E-state index is 0.260. The van der Waals surface area contributed by atoms with Crippen molar-refractivity contribution >= 4 is 27.8 Å². The van der Waals surface area contributed by atoms with Gasteiger partial charge in [0.25, 0.3) is 21.9 Å². The largest absolute Gasteiger partial charge is 0.368 e. The zero-order chi connectivity index (χ0) is 14.5. The van der Waals surface area contributed by atoms with Gasteiger partial charge in [-0.15, -0.1) is 0 Å². The molecular formula is C9H12N2O6S. The van der Waals surface area contributed by atoms with Crippen LogP contribution in [0.4, 0.5) is 0 Å². The maximum absolute atomic E-state index is 11.4. The molecule has 0 aliphatic carbocycles. The average molecular weight is 276 g/mol. The van der Waals surface area contributed by atoms with E-state index in [4.69, 9.17) is 10.3 Å². The highest BCUT2D eigenvalue weighted by Crippen LogP contribution is 2.06. The standard InChI is InChI=1S/C9H12N2O6S/c1-3-7(12)11(8(13)4-2)6(9(10)14)5-18(15,16)17/h3-4,6H,1-2,5H2,(H2,10,14)(H,15,16,17). The summed E-state index contributed by atoms with van der Waals surface area (Å²) in [6.45, 7) is 6.19. The summed E-state index contributed by atoms with van der Waals surface area (Å²) in [5.41, 5.74) is 4.90. The minimum atomic E-state index is -4.61. The van der Waals surface area contributed by atoms with Gasteiger partial charge in [0.1, 0.15) is 11.8 Å². The van der Waals surface area contributed by atoms with Gasteiger partial charge in [0, 0.05) is 0 Å². The van der Waals surface area contributed by atoms with Gasteiger partial charge in [-0.1, -0.05) is 13.2 Å². The molecule has 3 amide bonds. The van der Waals surface area contributed by atoms with Gasteiger partial charge >= 0.3 is 0 Å². The summed E-state index contributed by atoms with van der Waals surface area (Å²) in [6, 6.07) is -1.84. The van der Waals surface area contributed by atoms with Crippen LogP contribution in [0.25, 0.3) is 0 Å². The lowest BCUT2D eigenvalue weighted by molar-refractivity contribution is -0.145. The first-order valence-corrected chi connectivity index (χ1v) is 6.11. The molecule has 0 aromatic rings. The van der Waals surface area contributed by atoms with Gasteiger partial charge in [-0.25, -0.2) is 0 Å². The van der Waals surface area contributed by atoms with Crippen LogP contribution in [0, 0.1) is 0 Å². The molecule has 18 heavy (non-hydrogen) atoms. The number of nitrogens with zero attached hydrogens (tertiary/aromatic N) is 1. The van der Waals surface area contributed by atoms with Crippen LogP contribution >= 0.6 is 0 Å². The molecule has 0 aromatic carbocycles. The zero-order valence-electron chi connectivity index (χ0n) is 9.27. The lowest BCUT2D eigenvalue weighted by Crippen LogP contribution is -2.53. The van der Waals surface area contributed by atoms with E-state index in [0.29, 0.717) is 12.2 Å². The lowest BCUT2D eigenvalue weighted by Gasteiger charge is -2.24. The molecule has 1 atom stereocenters. The summed E-state index contributed by atoms with van der Waals surface area (Å²) >= 11 is 0. The molecule has 0 aliphatic rings. The van der Waals surface area contributed by atoms with Crippen LogP contribution < -0.4 is 5.73 Å². The third kappa shape index (κ3) is 4.47. The molecule has 0 spiro atoms. The molecule has 0 aromatic heterocycles. The normalized spacial score (nSPS) is 12.3. The van der Waals surface area contributed by atoms with Crippen molar-refractivity contribution in [2.75, 3.05) is 5.75 Å². The summed E-state index contributed by atoms with van der Waals surface area (Å²) in [4.78, 5) is 34.1. The van der Waals surface area contributed by atoms with Gasteiger partial charge < -0.3 is 5.73 Å². The Morgan fingerprint density at radius 2 is 1.61 bits per heavy atom. The first kappa shape index (κ1) is 16.0. The fourth-order valence-corrected chi connectivity index (χ4v) is 1.81. The van der Waals surface area contributed by atoms with E-state index in [1.807, 2.05) is 0 Å². The van der Waals surface area contributed by atoms with Crippen molar-refractivity contribution in [2.24, 2.45) is 5.73 Å². The number of nitrogens with two attached hydrogens (primary N) is 1. The van der Waals surface area contributed by atoms with Crippen LogP contribution in [0.3, 0.4) is 0 Å². The fraction of sp³-hybridized carbons (Fsp3) is 0.222. The van der Waals surface area contributed by atoms with E-state index in [0.717, 1.165) is 0 Å². The highest BCUT2D eigenvalue weighted by molar-refractivity contribution is 7.85. The number of hydrogen-bond acceptors (Lipinski definition) is 5. The molecule has 3 N–H and O–H groups in total. The second-order valence-corrected chi connectivity index (χ2v) is 4.62. The monoisotopic (exact) mass is 276 g/mol. The van der Waals surface area contributed by atoms with Crippen LogP contribution in [0.1, 0.15) is 0 Å². The first-order chi connectivity index (χ1) is 8.14. The van der Waals surface area contributed by atoms with Crippen molar-refractivity contribution in [3.8, 4) is 0 Å². The fourth-order valence-electron chi connectivity index (χ4n) is 1.10. The van der Waals surface area contributed by atoms with Gasteiger partial charge in [-0.2, -0.15) is 8.42 Å². The third-order valence-corrected chi connectivity index (χ3v) is 2.57. The summed E-state index contributed by atoms with van der Waals surface area (Å²) in [7, 11) is -4.61. The number of amides is 3. The van der Waals surface area contributed by atoms with E-state index in [1.54, 1.807) is 0 Å². The Morgan fingerprint density at radius 3 is 1.83 bits per heavy atom. The highest BCUT2D eigenvalue weighted by Gasteiger charge is 2.34. The Labute approximate surface area is 103 Å². The molecule has 0 radical (unpaired) electrons. The maximum Gasteiger partial charge on any atom is 0.267 e. The maximum atomic E-state index is 11.4. The second-order valence-electron chi connectivity index (χ2n) is 3.12. The number of hydrogen-bond donors (Lipinski definition) is 2. The second kappa shape index (κ2) is 6.07. The third-order valence-electron chi connectivity index (χ3n) is 1.83. The Hall–Kier alpha value is -2.00. The van der Waals surface area contributed by atoms with Crippen LogP contribution in [0.2, 0.25) is 0 Å². The van der Waals surface area contributed by atoms with E-state index < -0.39 is 39.6 Å². The molecule has 100 valence electrons. The molecular weight excluding hydrogens is 264 g/mol. The number of primary amides is 1. The average Bonchev–Trinajstić information content (AvgIpc) is 2.25. The van der Waals surface area contributed by atoms with Gasteiger partial charge in [-0.3, -0.25) is 23.8 Å². The number of rotatable bonds is 6. The summed E-state index contributed by atoms with van der Waals surface area (Å²) in [6.07, 6.45) is 1.39. The van der Waals surface area contributed by atoms with Crippen molar-refractivity contribution < 1.29 is 27.4 Å². The van der Waals surface area contributed by atoms with Gasteiger partial charge in [-0.05, 0) is 12.2 Å². The van der Waals surface area contributed by atoms with Crippen LogP contribution in [-0.4, -0.2) is 47.4 Å². The summed E-state index contributed by atoms with van der Waals surface area (Å²) in [5, 5.41) is 0. The Kier molecular flexibility index (Phi) is 5.40. The van der Waals surface area contributed by atoms with Gasteiger partial charge in [0.2, 0.25) is 5.91 Å². The van der Waals surface area contributed by atoms with E-state index in [-0.39, 0.29) is 4.90 Å². The molecule has 9 heteroatoms. The summed E-state index contributed by atoms with van der Waals surface area (Å²) in [5.74, 6) is -4.53. The molecule has 8 nitrogen and oxygen atoms in total. The van der Waals surface area contributed by atoms with Crippen LogP contribution in [0.5, 0.6) is 0 Å². The van der Waals surface area contributed by atoms with Crippen molar-refractivity contribution in [1.82, 2.24) is 4.90 Å². The topological polar surface area (TPSA) is 135 Å². The smallest absolute Gasteiger partial charge is 0.267 e. The molecule has 0 heterocycles. The molecule has 1 unspecified atom stereocenters. The molecule has 0 bridgehead atoms. The van der Waals surface area contributed by atoms with Gasteiger partial charge in [0.15, 0.2) is 0 Å². The highest BCUT2D eigenvalue weighted by atomic mass is 32.2. The Balaban J connectivity index is 5.56. The van der Waals surface area contributed by atoms with Crippen molar-refractivity contribution in [3.05, 3.63) is 25.3 Å². The molecule has 0 saturated heterocycles. The number of imide groups is 1.